The van der Waals surface area contributed by atoms with E-state index in [2.05, 4.69) is 0 Å². The molecule has 268 valence electrons. The Hall–Kier alpha value is -7.83. The number of furan rings is 2. The fourth-order valence-electron chi connectivity index (χ4n) is 7.25. The summed E-state index contributed by atoms with van der Waals surface area (Å²) in [6.07, 6.45) is 0. The molecule has 0 bridgehead atoms. The Kier molecular flexibility index (Phi) is 5.81. The van der Waals surface area contributed by atoms with Crippen LogP contribution in [-0.4, -0.2) is 15.0 Å². The van der Waals surface area contributed by atoms with Crippen molar-refractivity contribution < 1.29 is 21.2 Å². The van der Waals surface area contributed by atoms with Crippen LogP contribution in [-0.2, 0) is 0 Å². The monoisotopic (exact) mass is 741 g/mol. The first-order valence-electron chi connectivity index (χ1n) is 22.7. The van der Waals surface area contributed by atoms with E-state index in [-0.39, 0.29) is 5.69 Å². The first kappa shape index (κ1) is 24.6. The zero-order valence-corrected chi connectivity index (χ0v) is 29.9. The van der Waals surface area contributed by atoms with E-state index in [1.54, 1.807) is 29.2 Å². The van der Waals surface area contributed by atoms with Gasteiger partial charge in [-0.1, -0.05) is 133 Å². The van der Waals surface area contributed by atoms with Gasteiger partial charge in [0.1, 0.15) is 22.3 Å². The molecule has 6 heteroatoms. The second-order valence-corrected chi connectivity index (χ2v) is 13.3. The quantitative estimate of drug-likeness (QED) is 0.162. The third-order valence-corrected chi connectivity index (χ3v) is 9.88. The standard InChI is InChI=1S/C51H32N4O2/c1-4-13-33(14-5-1)34-23-25-37(26-24-34)55(38-28-30-45-43(31-38)40-19-10-11-21-44(40)56-45)39-27-29-41-47(32-39)57-46-22-12-20-42(48(41)46)51-53-49(35-15-6-2-7-16-35)52-50(54-51)36-17-8-3-9-18-36/h1-32H/i1D,4D,5D,13D,14D,23D,24D,25D,26D. The predicted octanol–water partition coefficient (Wildman–Crippen LogP) is 13.8. The molecular weight excluding hydrogens is 701 g/mol. The van der Waals surface area contributed by atoms with Gasteiger partial charge < -0.3 is 13.7 Å². The van der Waals surface area contributed by atoms with Gasteiger partial charge in [-0.2, -0.15) is 0 Å². The zero-order valence-electron chi connectivity index (χ0n) is 38.9. The maximum absolute atomic E-state index is 9.49. The molecule has 57 heavy (non-hydrogen) atoms. The number of rotatable bonds is 7. The molecule has 3 heterocycles. The average molecular weight is 742 g/mol. The van der Waals surface area contributed by atoms with Gasteiger partial charge in [0.15, 0.2) is 17.5 Å². The van der Waals surface area contributed by atoms with Crippen LogP contribution >= 0.6 is 0 Å². The summed E-state index contributed by atoms with van der Waals surface area (Å²) in [5.41, 5.74) is 4.51. The highest BCUT2D eigenvalue weighted by Gasteiger charge is 2.21. The summed E-state index contributed by atoms with van der Waals surface area (Å²) in [5.74, 6) is 1.44. The van der Waals surface area contributed by atoms with E-state index in [0.29, 0.717) is 56.7 Å². The van der Waals surface area contributed by atoms with Crippen LogP contribution in [0.5, 0.6) is 0 Å². The van der Waals surface area contributed by atoms with Crippen LogP contribution in [0.1, 0.15) is 12.3 Å². The molecular formula is C51H32N4O2. The molecule has 0 saturated heterocycles. The highest BCUT2D eigenvalue weighted by Crippen LogP contribution is 2.43. The molecule has 0 N–H and O–H groups in total. The Labute approximate surface area is 340 Å². The highest BCUT2D eigenvalue weighted by atomic mass is 16.3. The largest absolute Gasteiger partial charge is 0.456 e. The van der Waals surface area contributed by atoms with Crippen LogP contribution < -0.4 is 4.90 Å². The molecule has 0 aliphatic heterocycles. The van der Waals surface area contributed by atoms with Gasteiger partial charge in [-0.05, 0) is 65.7 Å². The van der Waals surface area contributed by atoms with Crippen LogP contribution in [0.3, 0.4) is 0 Å². The van der Waals surface area contributed by atoms with E-state index in [1.807, 2.05) is 115 Å². The highest BCUT2D eigenvalue weighted by molar-refractivity contribution is 6.13. The fraction of sp³-hybridized carbons (Fsp3) is 0. The number of nitrogens with zero attached hydrogens (tertiary/aromatic N) is 4. The van der Waals surface area contributed by atoms with Gasteiger partial charge in [0.05, 0.1) is 12.3 Å². The third-order valence-electron chi connectivity index (χ3n) is 9.88. The van der Waals surface area contributed by atoms with E-state index in [1.165, 1.54) is 0 Å². The maximum atomic E-state index is 9.49. The number of anilines is 3. The number of benzene rings is 8. The number of fused-ring (bicyclic) bond motifs is 6. The molecule has 3 aromatic heterocycles. The summed E-state index contributed by atoms with van der Waals surface area (Å²) in [6, 6.07) is 38.0. The summed E-state index contributed by atoms with van der Waals surface area (Å²) < 4.78 is 92.2. The van der Waals surface area contributed by atoms with Gasteiger partial charge in [-0.3, -0.25) is 0 Å². The van der Waals surface area contributed by atoms with Gasteiger partial charge >= 0.3 is 0 Å². The molecule has 0 aliphatic rings. The van der Waals surface area contributed by atoms with Crippen LogP contribution in [0, 0.1) is 0 Å². The van der Waals surface area contributed by atoms with Gasteiger partial charge in [0.2, 0.25) is 0 Å². The van der Waals surface area contributed by atoms with Crippen molar-refractivity contribution in [2.24, 2.45) is 0 Å². The summed E-state index contributed by atoms with van der Waals surface area (Å²) in [7, 11) is 0. The smallest absolute Gasteiger partial charge is 0.164 e. The van der Waals surface area contributed by atoms with Crippen LogP contribution in [0.25, 0.3) is 89.2 Å². The molecule has 11 rings (SSSR count). The number of hydrogen-bond acceptors (Lipinski definition) is 6. The summed E-state index contributed by atoms with van der Waals surface area (Å²) >= 11 is 0. The second kappa shape index (κ2) is 13.5. The molecule has 0 fully saturated rings. The second-order valence-electron chi connectivity index (χ2n) is 13.3. The summed E-state index contributed by atoms with van der Waals surface area (Å²) in [6.45, 7) is 0. The molecule has 8 aromatic carbocycles. The van der Waals surface area contributed by atoms with E-state index in [9.17, 15) is 5.48 Å². The normalized spacial score (nSPS) is 13.7. The molecule has 6 nitrogen and oxygen atoms in total. The van der Waals surface area contributed by atoms with E-state index < -0.39 is 65.5 Å². The maximum Gasteiger partial charge on any atom is 0.164 e. The Morgan fingerprint density at radius 1 is 0.386 bits per heavy atom. The molecule has 0 amide bonds. The van der Waals surface area contributed by atoms with Crippen molar-refractivity contribution in [2.75, 3.05) is 4.90 Å². The molecule has 0 saturated carbocycles. The van der Waals surface area contributed by atoms with Gasteiger partial charge in [-0.15, -0.1) is 0 Å². The summed E-state index contributed by atoms with van der Waals surface area (Å²) in [4.78, 5) is 16.4. The lowest BCUT2D eigenvalue weighted by Gasteiger charge is -2.25. The topological polar surface area (TPSA) is 68.2 Å². The van der Waals surface area contributed by atoms with E-state index >= 15 is 0 Å². The lowest BCUT2D eigenvalue weighted by molar-refractivity contribution is 0.668. The lowest BCUT2D eigenvalue weighted by atomic mass is 10.0. The minimum Gasteiger partial charge on any atom is -0.456 e. The molecule has 0 aliphatic carbocycles. The average Bonchev–Trinajstić information content (AvgIpc) is 3.92. The fourth-order valence-corrected chi connectivity index (χ4v) is 7.25. The van der Waals surface area contributed by atoms with Gasteiger partial charge in [-0.25, -0.2) is 15.0 Å². The Bertz CT molecular complexity index is 3670. The number of hydrogen-bond donors (Lipinski definition) is 0. The van der Waals surface area contributed by atoms with Crippen molar-refractivity contribution in [1.29, 1.82) is 0 Å². The van der Waals surface area contributed by atoms with Crippen molar-refractivity contribution in [3.63, 3.8) is 0 Å². The first-order valence-corrected chi connectivity index (χ1v) is 18.2. The number of aromatic nitrogens is 3. The minimum atomic E-state index is -0.653. The molecule has 0 radical (unpaired) electrons. The Morgan fingerprint density at radius 2 is 0.982 bits per heavy atom. The number of para-hydroxylation sites is 1. The molecule has 0 spiro atoms. The van der Waals surface area contributed by atoms with Crippen molar-refractivity contribution in [3.05, 3.63) is 194 Å². The first-order chi connectivity index (χ1) is 32.0. The van der Waals surface area contributed by atoms with Crippen molar-refractivity contribution in [3.8, 4) is 45.3 Å². The van der Waals surface area contributed by atoms with Crippen LogP contribution in [0.2, 0.25) is 0 Å². The van der Waals surface area contributed by atoms with Crippen LogP contribution in [0.15, 0.2) is 203 Å². The lowest BCUT2D eigenvalue weighted by Crippen LogP contribution is -2.09. The van der Waals surface area contributed by atoms with Crippen molar-refractivity contribution in [2.45, 2.75) is 0 Å². The summed E-state index contributed by atoms with van der Waals surface area (Å²) in [5, 5.41) is 3.04. The van der Waals surface area contributed by atoms with E-state index in [0.717, 1.165) is 32.7 Å². The Morgan fingerprint density at radius 3 is 1.74 bits per heavy atom. The van der Waals surface area contributed by atoms with Gasteiger partial charge in [0.25, 0.3) is 0 Å². The minimum absolute atomic E-state index is 0.142. The van der Waals surface area contributed by atoms with Crippen molar-refractivity contribution >= 4 is 60.9 Å². The van der Waals surface area contributed by atoms with E-state index in [4.69, 9.17) is 30.6 Å². The molecule has 11 aromatic rings. The predicted molar refractivity (Wildman–Crippen MR) is 231 cm³/mol. The van der Waals surface area contributed by atoms with Gasteiger partial charge in [0, 0.05) is 61.4 Å². The Balaban J connectivity index is 1.13. The molecule has 0 unspecified atom stereocenters. The van der Waals surface area contributed by atoms with Crippen LogP contribution in [0.4, 0.5) is 17.1 Å². The SMILES string of the molecule is [2H]c1c([2H])c([2H])c(-c2c([2H])c([2H])c(N(c3ccc4c(c3)oc3cccc(-c5nc(-c6ccccc6)nc(-c6ccccc6)n5)c34)c3ccc4oc5ccccc5c4c3)c([2H])c2[2H])c([2H])c1[2H]. The molecule has 0 atom stereocenters. The van der Waals surface area contributed by atoms with Crippen molar-refractivity contribution in [1.82, 2.24) is 15.0 Å². The third kappa shape index (κ3) is 5.79. The zero-order chi connectivity index (χ0) is 45.5.